The molecule has 3 nitrogen and oxygen atoms in total. The van der Waals surface area contributed by atoms with Gasteiger partial charge >= 0.3 is 6.03 Å². The summed E-state index contributed by atoms with van der Waals surface area (Å²) in [5.41, 5.74) is 0.855. The summed E-state index contributed by atoms with van der Waals surface area (Å²) < 4.78 is 0. The van der Waals surface area contributed by atoms with E-state index in [9.17, 15) is 4.79 Å². The predicted molar refractivity (Wildman–Crippen MR) is 67.8 cm³/mol. The number of urea groups is 1. The average Bonchev–Trinajstić information content (AvgIpc) is 2.92. The molecule has 2 bridgehead atoms. The van der Waals surface area contributed by atoms with Gasteiger partial charge in [-0.1, -0.05) is 24.6 Å². The second-order valence-corrected chi connectivity index (χ2v) is 5.25. The number of carbonyl (C=O) groups excluding carboxylic acids is 1. The molecular formula is C14H18N2O. The number of fused-ring (bicyclic) bond motifs is 2. The Morgan fingerprint density at radius 2 is 1.94 bits per heavy atom. The lowest BCUT2D eigenvalue weighted by molar-refractivity contribution is 0.242. The summed E-state index contributed by atoms with van der Waals surface area (Å²) in [5.74, 6) is 1.59. The quantitative estimate of drug-likeness (QED) is 0.805. The van der Waals surface area contributed by atoms with Crippen LogP contribution in [0.3, 0.4) is 0 Å². The minimum Gasteiger partial charge on any atom is -0.335 e. The molecule has 0 spiro atoms. The zero-order chi connectivity index (χ0) is 11.7. The van der Waals surface area contributed by atoms with Crippen molar-refractivity contribution in [1.29, 1.82) is 0 Å². The molecule has 0 radical (unpaired) electrons. The molecule has 0 unspecified atom stereocenters. The Morgan fingerprint density at radius 3 is 2.59 bits per heavy atom. The van der Waals surface area contributed by atoms with E-state index in [1.165, 1.54) is 25.7 Å². The van der Waals surface area contributed by atoms with Crippen molar-refractivity contribution in [3.05, 3.63) is 30.3 Å². The third-order valence-corrected chi connectivity index (χ3v) is 4.09. The molecule has 0 aromatic heterocycles. The highest BCUT2D eigenvalue weighted by molar-refractivity contribution is 5.89. The zero-order valence-electron chi connectivity index (χ0n) is 9.86. The molecule has 0 saturated heterocycles. The van der Waals surface area contributed by atoms with Crippen LogP contribution < -0.4 is 10.6 Å². The third-order valence-electron chi connectivity index (χ3n) is 4.09. The molecule has 2 saturated carbocycles. The smallest absolute Gasteiger partial charge is 0.319 e. The van der Waals surface area contributed by atoms with Crippen LogP contribution in [0, 0.1) is 11.8 Å². The summed E-state index contributed by atoms with van der Waals surface area (Å²) in [6.07, 6.45) is 5.15. The Labute approximate surface area is 102 Å². The van der Waals surface area contributed by atoms with Crippen LogP contribution in [0.4, 0.5) is 10.5 Å². The van der Waals surface area contributed by atoms with Crippen LogP contribution in [0.1, 0.15) is 25.7 Å². The lowest BCUT2D eigenvalue weighted by atomic mass is 9.95. The van der Waals surface area contributed by atoms with E-state index in [-0.39, 0.29) is 6.03 Å². The first-order chi connectivity index (χ1) is 8.31. The molecule has 3 atom stereocenters. The van der Waals surface area contributed by atoms with E-state index < -0.39 is 0 Å². The number of hydrogen-bond donors (Lipinski definition) is 2. The molecule has 2 aliphatic carbocycles. The summed E-state index contributed by atoms with van der Waals surface area (Å²) in [5, 5.41) is 5.99. The predicted octanol–water partition coefficient (Wildman–Crippen LogP) is 3.00. The largest absolute Gasteiger partial charge is 0.335 e. The Balaban J connectivity index is 1.54. The molecule has 1 aromatic rings. The fraction of sp³-hybridized carbons (Fsp3) is 0.500. The van der Waals surface area contributed by atoms with Crippen molar-refractivity contribution >= 4 is 11.7 Å². The molecule has 0 aliphatic heterocycles. The molecule has 0 heterocycles. The van der Waals surface area contributed by atoms with Gasteiger partial charge in [0.25, 0.3) is 0 Å². The van der Waals surface area contributed by atoms with Gasteiger partial charge in [-0.25, -0.2) is 4.79 Å². The van der Waals surface area contributed by atoms with Crippen LogP contribution in [0.5, 0.6) is 0 Å². The molecule has 2 aliphatic rings. The minimum atomic E-state index is -0.0613. The van der Waals surface area contributed by atoms with Gasteiger partial charge in [-0.05, 0) is 43.2 Å². The summed E-state index contributed by atoms with van der Waals surface area (Å²) in [6.45, 7) is 0. The zero-order valence-corrected chi connectivity index (χ0v) is 9.86. The molecule has 1 aromatic carbocycles. The number of hydrogen-bond acceptors (Lipinski definition) is 1. The maximum absolute atomic E-state index is 11.8. The normalized spacial score (nSPS) is 30.2. The Hall–Kier alpha value is -1.51. The average molecular weight is 230 g/mol. The van der Waals surface area contributed by atoms with Crippen molar-refractivity contribution in [2.45, 2.75) is 31.7 Å². The van der Waals surface area contributed by atoms with E-state index in [1.807, 2.05) is 30.3 Å². The fourth-order valence-electron chi connectivity index (χ4n) is 3.28. The van der Waals surface area contributed by atoms with Crippen LogP contribution in [0.2, 0.25) is 0 Å². The number of benzene rings is 1. The van der Waals surface area contributed by atoms with Crippen molar-refractivity contribution in [1.82, 2.24) is 5.32 Å². The van der Waals surface area contributed by atoms with Gasteiger partial charge in [0.1, 0.15) is 0 Å². The highest BCUT2D eigenvalue weighted by Crippen LogP contribution is 2.44. The minimum absolute atomic E-state index is 0.0613. The van der Waals surface area contributed by atoms with Gasteiger partial charge in [0, 0.05) is 11.7 Å². The highest BCUT2D eigenvalue weighted by atomic mass is 16.2. The van der Waals surface area contributed by atoms with Gasteiger partial charge in [0.05, 0.1) is 0 Å². The molecule has 2 N–H and O–H groups in total. The maximum atomic E-state index is 11.8. The monoisotopic (exact) mass is 230 g/mol. The van der Waals surface area contributed by atoms with Crippen LogP contribution >= 0.6 is 0 Å². The number of rotatable bonds is 2. The number of nitrogens with one attached hydrogen (secondary N) is 2. The molecule has 2 fully saturated rings. The number of carbonyl (C=O) groups is 1. The first kappa shape index (κ1) is 10.6. The van der Waals surface area contributed by atoms with Crippen molar-refractivity contribution in [3.63, 3.8) is 0 Å². The molecule has 17 heavy (non-hydrogen) atoms. The van der Waals surface area contributed by atoms with Gasteiger partial charge in [-0.2, -0.15) is 0 Å². The first-order valence-electron chi connectivity index (χ1n) is 6.44. The standard InChI is InChI=1S/C14H18N2O/c17-14(15-12-4-2-1-3-5-12)16-13-9-10-6-7-11(13)8-10/h1-5,10-11,13H,6-9H2,(H2,15,16,17)/t10-,11-,13+/m0/s1. The van der Waals surface area contributed by atoms with E-state index in [2.05, 4.69) is 10.6 Å². The summed E-state index contributed by atoms with van der Waals surface area (Å²) in [7, 11) is 0. The SMILES string of the molecule is O=C(Nc1ccccc1)N[C@@H]1C[C@H]2CC[C@H]1C2. The summed E-state index contributed by atoms with van der Waals surface area (Å²) in [6, 6.07) is 9.94. The first-order valence-corrected chi connectivity index (χ1v) is 6.44. The molecule has 90 valence electrons. The Morgan fingerprint density at radius 1 is 1.12 bits per heavy atom. The van der Waals surface area contributed by atoms with Crippen LogP contribution in [0.15, 0.2) is 30.3 Å². The van der Waals surface area contributed by atoms with Gasteiger partial charge in [0.2, 0.25) is 0 Å². The second kappa shape index (κ2) is 4.40. The van der Waals surface area contributed by atoms with Crippen molar-refractivity contribution in [2.75, 3.05) is 5.32 Å². The van der Waals surface area contributed by atoms with Gasteiger partial charge in [0.15, 0.2) is 0 Å². The Bertz CT molecular complexity index is 404. The van der Waals surface area contributed by atoms with Gasteiger partial charge in [-0.3, -0.25) is 0 Å². The van der Waals surface area contributed by atoms with Crippen LogP contribution in [-0.4, -0.2) is 12.1 Å². The van der Waals surface area contributed by atoms with Crippen molar-refractivity contribution in [2.24, 2.45) is 11.8 Å². The van der Waals surface area contributed by atoms with E-state index >= 15 is 0 Å². The highest BCUT2D eigenvalue weighted by Gasteiger charge is 2.40. The topological polar surface area (TPSA) is 41.1 Å². The van der Waals surface area contributed by atoms with Gasteiger partial charge < -0.3 is 10.6 Å². The summed E-state index contributed by atoms with van der Waals surface area (Å²) >= 11 is 0. The van der Waals surface area contributed by atoms with E-state index in [0.717, 1.165) is 17.5 Å². The van der Waals surface area contributed by atoms with E-state index in [4.69, 9.17) is 0 Å². The number of amides is 2. The van der Waals surface area contributed by atoms with Crippen LogP contribution in [0.25, 0.3) is 0 Å². The number of para-hydroxylation sites is 1. The summed E-state index contributed by atoms with van der Waals surface area (Å²) in [4.78, 5) is 11.8. The molecule has 2 amide bonds. The van der Waals surface area contributed by atoms with Gasteiger partial charge in [-0.15, -0.1) is 0 Å². The molecule has 3 heteroatoms. The van der Waals surface area contributed by atoms with Crippen molar-refractivity contribution < 1.29 is 4.79 Å². The lowest BCUT2D eigenvalue weighted by Gasteiger charge is -2.22. The Kier molecular flexibility index (Phi) is 2.75. The third kappa shape index (κ3) is 2.28. The maximum Gasteiger partial charge on any atom is 0.319 e. The molecule has 3 rings (SSSR count). The second-order valence-electron chi connectivity index (χ2n) is 5.25. The fourth-order valence-corrected chi connectivity index (χ4v) is 3.28. The van der Waals surface area contributed by atoms with E-state index in [0.29, 0.717) is 6.04 Å². The number of anilines is 1. The van der Waals surface area contributed by atoms with E-state index in [1.54, 1.807) is 0 Å². The van der Waals surface area contributed by atoms with Crippen LogP contribution in [-0.2, 0) is 0 Å². The van der Waals surface area contributed by atoms with Crippen molar-refractivity contribution in [3.8, 4) is 0 Å². The lowest BCUT2D eigenvalue weighted by Crippen LogP contribution is -2.40. The molecular weight excluding hydrogens is 212 g/mol.